The smallest absolute Gasteiger partial charge is 0.257 e. The maximum Gasteiger partial charge on any atom is 0.257 e. The van der Waals surface area contributed by atoms with E-state index in [9.17, 15) is 9.90 Å². The third-order valence-corrected chi connectivity index (χ3v) is 2.38. The zero-order valence-corrected chi connectivity index (χ0v) is 9.08. The second kappa shape index (κ2) is 4.93. The Hall–Kier alpha value is -1.36. The Morgan fingerprint density at radius 2 is 2.20 bits per heavy atom. The molecule has 15 heavy (non-hydrogen) atoms. The van der Waals surface area contributed by atoms with Crippen molar-refractivity contribution in [1.82, 2.24) is 9.97 Å². The van der Waals surface area contributed by atoms with Gasteiger partial charge < -0.3 is 15.8 Å². The van der Waals surface area contributed by atoms with Gasteiger partial charge in [0.1, 0.15) is 5.82 Å². The third-order valence-electron chi connectivity index (χ3n) is 2.38. The predicted molar refractivity (Wildman–Crippen MR) is 57.9 cm³/mol. The molecular weight excluding hydrogens is 194 g/mol. The molecule has 1 heterocycles. The highest BCUT2D eigenvalue weighted by Crippen LogP contribution is 2.09. The third kappa shape index (κ3) is 2.79. The molecule has 0 saturated heterocycles. The minimum atomic E-state index is -0.275. The molecule has 1 atom stereocenters. The fourth-order valence-corrected chi connectivity index (χ4v) is 1.34. The van der Waals surface area contributed by atoms with E-state index in [1.54, 1.807) is 6.92 Å². The molecule has 4 N–H and O–H groups in total. The standard InChI is InChI=1S/C10H17N3O2/c1-3-6(11)5-8-12-9(14)7(4-2)10(15)13-8/h6H,3-5,11H2,1-2H3,(H2,12,13,14,15). The summed E-state index contributed by atoms with van der Waals surface area (Å²) < 4.78 is 0. The van der Waals surface area contributed by atoms with Crippen molar-refractivity contribution in [2.24, 2.45) is 5.73 Å². The van der Waals surface area contributed by atoms with Gasteiger partial charge in [-0.25, -0.2) is 4.98 Å². The number of aromatic amines is 1. The van der Waals surface area contributed by atoms with E-state index >= 15 is 0 Å². The van der Waals surface area contributed by atoms with Gasteiger partial charge in [0.25, 0.3) is 5.56 Å². The lowest BCUT2D eigenvalue weighted by molar-refractivity contribution is 0.438. The van der Waals surface area contributed by atoms with Gasteiger partial charge >= 0.3 is 0 Å². The molecule has 1 rings (SSSR count). The number of H-pyrrole nitrogens is 1. The van der Waals surface area contributed by atoms with Gasteiger partial charge in [-0.3, -0.25) is 4.79 Å². The number of aromatic hydroxyl groups is 1. The van der Waals surface area contributed by atoms with Crippen molar-refractivity contribution in [2.45, 2.75) is 39.2 Å². The van der Waals surface area contributed by atoms with Gasteiger partial charge in [0.05, 0.1) is 5.56 Å². The quantitative estimate of drug-likeness (QED) is 0.668. The SMILES string of the molecule is CCc1c(O)nc(CC(N)CC)[nH]c1=O. The monoisotopic (exact) mass is 211 g/mol. The highest BCUT2D eigenvalue weighted by molar-refractivity contribution is 5.22. The number of nitrogens with one attached hydrogen (secondary N) is 1. The van der Waals surface area contributed by atoms with Crippen LogP contribution < -0.4 is 11.3 Å². The van der Waals surface area contributed by atoms with Crippen molar-refractivity contribution in [3.63, 3.8) is 0 Å². The normalized spacial score (nSPS) is 12.7. The second-order valence-corrected chi connectivity index (χ2v) is 3.54. The van der Waals surface area contributed by atoms with Crippen molar-refractivity contribution in [3.8, 4) is 5.88 Å². The lowest BCUT2D eigenvalue weighted by atomic mass is 10.1. The highest BCUT2D eigenvalue weighted by atomic mass is 16.3. The molecule has 1 aromatic rings. The van der Waals surface area contributed by atoms with Crippen molar-refractivity contribution < 1.29 is 5.11 Å². The Labute approximate surface area is 88.4 Å². The molecule has 84 valence electrons. The fourth-order valence-electron chi connectivity index (χ4n) is 1.34. The summed E-state index contributed by atoms with van der Waals surface area (Å²) >= 11 is 0. The van der Waals surface area contributed by atoms with Gasteiger partial charge in [-0.1, -0.05) is 13.8 Å². The van der Waals surface area contributed by atoms with Crippen LogP contribution in [0, 0.1) is 0 Å². The molecule has 0 aliphatic rings. The molecule has 1 aromatic heterocycles. The van der Waals surface area contributed by atoms with Gasteiger partial charge in [0.2, 0.25) is 5.88 Å². The number of rotatable bonds is 4. The van der Waals surface area contributed by atoms with Crippen LogP contribution in [-0.4, -0.2) is 21.1 Å². The van der Waals surface area contributed by atoms with E-state index in [1.807, 2.05) is 6.92 Å². The Morgan fingerprint density at radius 1 is 1.53 bits per heavy atom. The summed E-state index contributed by atoms with van der Waals surface area (Å²) in [6, 6.07) is -0.0416. The Morgan fingerprint density at radius 3 is 2.67 bits per heavy atom. The average molecular weight is 211 g/mol. The molecule has 0 spiro atoms. The molecule has 0 bridgehead atoms. The highest BCUT2D eigenvalue weighted by Gasteiger charge is 2.10. The Bertz CT molecular complexity index is 387. The first-order valence-electron chi connectivity index (χ1n) is 5.15. The molecule has 0 aromatic carbocycles. The lowest BCUT2D eigenvalue weighted by Gasteiger charge is -2.08. The Balaban J connectivity index is 2.99. The van der Waals surface area contributed by atoms with Crippen LogP contribution in [0.25, 0.3) is 0 Å². The van der Waals surface area contributed by atoms with E-state index in [2.05, 4.69) is 9.97 Å². The molecule has 1 unspecified atom stereocenters. The zero-order chi connectivity index (χ0) is 11.4. The van der Waals surface area contributed by atoms with Crippen LogP contribution in [0.3, 0.4) is 0 Å². The number of aromatic nitrogens is 2. The molecule has 0 radical (unpaired) electrons. The molecule has 0 aliphatic heterocycles. The summed E-state index contributed by atoms with van der Waals surface area (Å²) in [7, 11) is 0. The predicted octanol–water partition coefficient (Wildman–Crippen LogP) is 0.318. The van der Waals surface area contributed by atoms with Crippen LogP contribution in [0.15, 0.2) is 4.79 Å². The van der Waals surface area contributed by atoms with Crippen LogP contribution in [0.1, 0.15) is 31.7 Å². The molecule has 0 aliphatic carbocycles. The van der Waals surface area contributed by atoms with Crippen LogP contribution in [0.2, 0.25) is 0 Å². The Kier molecular flexibility index (Phi) is 3.85. The second-order valence-electron chi connectivity index (χ2n) is 3.54. The van der Waals surface area contributed by atoms with E-state index < -0.39 is 0 Å². The van der Waals surface area contributed by atoms with Crippen molar-refractivity contribution in [3.05, 3.63) is 21.7 Å². The maximum absolute atomic E-state index is 11.5. The molecular formula is C10H17N3O2. The average Bonchev–Trinajstić information content (AvgIpc) is 2.17. The fraction of sp³-hybridized carbons (Fsp3) is 0.600. The van der Waals surface area contributed by atoms with Crippen molar-refractivity contribution >= 4 is 0 Å². The lowest BCUT2D eigenvalue weighted by Crippen LogP contribution is -2.25. The van der Waals surface area contributed by atoms with Crippen LogP contribution in [0.4, 0.5) is 0 Å². The minimum absolute atomic E-state index is 0.0416. The van der Waals surface area contributed by atoms with Crippen LogP contribution in [-0.2, 0) is 12.8 Å². The summed E-state index contributed by atoms with van der Waals surface area (Å²) in [5, 5.41) is 9.49. The van der Waals surface area contributed by atoms with Gasteiger partial charge in [-0.05, 0) is 12.8 Å². The first kappa shape index (κ1) is 11.7. The summed E-state index contributed by atoms with van der Waals surface area (Å²) in [4.78, 5) is 18.0. The minimum Gasteiger partial charge on any atom is -0.493 e. The molecule has 0 saturated carbocycles. The van der Waals surface area contributed by atoms with E-state index in [0.717, 1.165) is 6.42 Å². The summed E-state index contributed by atoms with van der Waals surface area (Å²) in [5.74, 6) is 0.267. The van der Waals surface area contributed by atoms with Crippen LogP contribution in [0.5, 0.6) is 5.88 Å². The molecule has 5 nitrogen and oxygen atoms in total. The van der Waals surface area contributed by atoms with E-state index in [-0.39, 0.29) is 17.5 Å². The van der Waals surface area contributed by atoms with E-state index in [1.165, 1.54) is 0 Å². The number of nitrogens with zero attached hydrogens (tertiary/aromatic N) is 1. The first-order valence-corrected chi connectivity index (χ1v) is 5.15. The van der Waals surface area contributed by atoms with Gasteiger partial charge in [0.15, 0.2) is 0 Å². The summed E-state index contributed by atoms with van der Waals surface area (Å²) in [6.45, 7) is 3.76. The molecule has 0 fully saturated rings. The zero-order valence-electron chi connectivity index (χ0n) is 9.08. The van der Waals surface area contributed by atoms with Crippen LogP contribution >= 0.6 is 0 Å². The summed E-state index contributed by atoms with van der Waals surface area (Å²) in [5.41, 5.74) is 5.78. The van der Waals surface area contributed by atoms with Gasteiger partial charge in [-0.15, -0.1) is 0 Å². The van der Waals surface area contributed by atoms with Gasteiger partial charge in [0, 0.05) is 12.5 Å². The largest absolute Gasteiger partial charge is 0.493 e. The number of hydrogen-bond donors (Lipinski definition) is 3. The maximum atomic E-state index is 11.5. The molecule has 5 heteroatoms. The molecule has 0 amide bonds. The van der Waals surface area contributed by atoms with Crippen molar-refractivity contribution in [2.75, 3.05) is 0 Å². The topological polar surface area (TPSA) is 92.0 Å². The first-order chi connectivity index (χ1) is 7.08. The van der Waals surface area contributed by atoms with E-state index in [4.69, 9.17) is 5.73 Å². The van der Waals surface area contributed by atoms with Gasteiger partial charge in [-0.2, -0.15) is 0 Å². The number of nitrogens with two attached hydrogens (primary N) is 1. The number of hydrogen-bond acceptors (Lipinski definition) is 4. The van der Waals surface area contributed by atoms with E-state index in [0.29, 0.717) is 24.2 Å². The van der Waals surface area contributed by atoms with Crippen molar-refractivity contribution in [1.29, 1.82) is 0 Å². The summed E-state index contributed by atoms with van der Waals surface area (Å²) in [6.07, 6.45) is 1.75.